The highest BCUT2D eigenvalue weighted by atomic mass is 16.6. The minimum absolute atomic E-state index is 0.0184. The fourth-order valence-electron chi connectivity index (χ4n) is 0.429. The first-order chi connectivity index (χ1) is 4.81. The van der Waals surface area contributed by atoms with Gasteiger partial charge in [-0.3, -0.25) is 0 Å². The average Bonchev–Trinajstić information content (AvgIpc) is 1.89. The first kappa shape index (κ1) is 9.39. The molecule has 0 rings (SSSR count). The summed E-state index contributed by atoms with van der Waals surface area (Å²) < 4.78 is 9.21. The molecule has 0 radical (unpaired) electrons. The number of rotatable bonds is 5. The lowest BCUT2D eigenvalue weighted by atomic mass is 10.5. The van der Waals surface area contributed by atoms with Gasteiger partial charge in [-0.1, -0.05) is 0 Å². The van der Waals surface area contributed by atoms with E-state index < -0.39 is 0 Å². The third kappa shape index (κ3) is 5.53. The van der Waals surface area contributed by atoms with Gasteiger partial charge in [-0.05, 0) is 13.0 Å². The van der Waals surface area contributed by atoms with Gasteiger partial charge in [-0.15, -0.1) is 0 Å². The number of carbonyl (C=O) groups excluding carboxylic acids is 1. The van der Waals surface area contributed by atoms with Crippen molar-refractivity contribution in [3.63, 3.8) is 0 Å². The predicted octanol–water partition coefficient (Wildman–Crippen LogP) is -0.475. The minimum atomic E-state index is -0.337. The molecular formula is C6H13NO3. The van der Waals surface area contributed by atoms with Crippen molar-refractivity contribution in [3.05, 3.63) is 0 Å². The van der Waals surface area contributed by atoms with Crippen LogP contribution in [-0.4, -0.2) is 32.8 Å². The van der Waals surface area contributed by atoms with Crippen LogP contribution in [0.2, 0.25) is 0 Å². The molecule has 0 heterocycles. The van der Waals surface area contributed by atoms with Crippen LogP contribution in [0.15, 0.2) is 0 Å². The minimum Gasteiger partial charge on any atom is -0.464 e. The van der Waals surface area contributed by atoms with Crippen LogP contribution in [0.4, 0.5) is 0 Å². The van der Waals surface area contributed by atoms with Gasteiger partial charge in [-0.25, -0.2) is 4.79 Å². The van der Waals surface area contributed by atoms with Crippen LogP contribution in [-0.2, 0) is 14.3 Å². The Balaban J connectivity index is 3.05. The summed E-state index contributed by atoms with van der Waals surface area (Å²) in [6.45, 7) is 0.948. The van der Waals surface area contributed by atoms with Crippen molar-refractivity contribution in [1.82, 2.24) is 0 Å². The average molecular weight is 147 g/mol. The summed E-state index contributed by atoms with van der Waals surface area (Å²) in [6.07, 6.45) is 0.704. The number of ether oxygens (including phenoxy) is 2. The van der Waals surface area contributed by atoms with E-state index in [1.54, 1.807) is 0 Å². The molecule has 0 saturated heterocycles. The summed E-state index contributed by atoms with van der Waals surface area (Å²) in [7, 11) is 1.45. The van der Waals surface area contributed by atoms with Gasteiger partial charge in [0.2, 0.25) is 0 Å². The lowest BCUT2D eigenvalue weighted by Gasteiger charge is -2.01. The normalized spacial score (nSPS) is 9.40. The molecule has 0 atom stereocenters. The van der Waals surface area contributed by atoms with E-state index in [2.05, 4.69) is 9.47 Å². The molecule has 0 aromatic rings. The standard InChI is InChI=1S/C6H13NO3/c1-9-5-6(8)10-4-2-3-7/h2-5,7H2,1H3. The topological polar surface area (TPSA) is 61.5 Å². The van der Waals surface area contributed by atoms with Crippen molar-refractivity contribution in [1.29, 1.82) is 0 Å². The highest BCUT2D eigenvalue weighted by Gasteiger charge is 1.98. The molecule has 0 bridgehead atoms. The van der Waals surface area contributed by atoms with Crippen LogP contribution < -0.4 is 5.73 Å². The summed E-state index contributed by atoms with van der Waals surface area (Å²) in [5, 5.41) is 0. The maximum Gasteiger partial charge on any atom is 0.332 e. The fourth-order valence-corrected chi connectivity index (χ4v) is 0.429. The van der Waals surface area contributed by atoms with Crippen LogP contribution in [0.25, 0.3) is 0 Å². The smallest absolute Gasteiger partial charge is 0.332 e. The predicted molar refractivity (Wildman–Crippen MR) is 36.5 cm³/mol. The molecule has 60 valence electrons. The van der Waals surface area contributed by atoms with Crippen molar-refractivity contribution < 1.29 is 14.3 Å². The Bertz CT molecular complexity index is 95.0. The van der Waals surface area contributed by atoms with E-state index in [0.717, 1.165) is 0 Å². The molecule has 0 aliphatic rings. The molecule has 0 amide bonds. The maximum absolute atomic E-state index is 10.5. The summed E-state index contributed by atoms with van der Waals surface area (Å²) >= 11 is 0. The van der Waals surface area contributed by atoms with Crippen LogP contribution in [0, 0.1) is 0 Å². The van der Waals surface area contributed by atoms with Crippen molar-refractivity contribution in [2.75, 3.05) is 26.9 Å². The summed E-state index contributed by atoms with van der Waals surface area (Å²) in [5.74, 6) is -0.337. The number of esters is 1. The zero-order chi connectivity index (χ0) is 7.82. The first-order valence-electron chi connectivity index (χ1n) is 3.16. The molecule has 0 fully saturated rings. The molecule has 0 spiro atoms. The second-order valence-corrected chi connectivity index (χ2v) is 1.80. The SMILES string of the molecule is COCC(=O)OCCCN. The molecule has 10 heavy (non-hydrogen) atoms. The second-order valence-electron chi connectivity index (χ2n) is 1.80. The van der Waals surface area contributed by atoms with E-state index >= 15 is 0 Å². The van der Waals surface area contributed by atoms with Crippen molar-refractivity contribution in [2.24, 2.45) is 5.73 Å². The third-order valence-corrected chi connectivity index (χ3v) is 0.874. The van der Waals surface area contributed by atoms with E-state index in [-0.39, 0.29) is 12.6 Å². The van der Waals surface area contributed by atoms with Crippen LogP contribution >= 0.6 is 0 Å². The van der Waals surface area contributed by atoms with Crippen LogP contribution in [0.3, 0.4) is 0 Å². The lowest BCUT2D eigenvalue weighted by Crippen LogP contribution is -2.13. The summed E-state index contributed by atoms with van der Waals surface area (Å²) in [4.78, 5) is 10.5. The van der Waals surface area contributed by atoms with Gasteiger partial charge in [0.15, 0.2) is 0 Å². The first-order valence-corrected chi connectivity index (χ1v) is 3.16. The van der Waals surface area contributed by atoms with E-state index in [4.69, 9.17) is 5.73 Å². The van der Waals surface area contributed by atoms with E-state index in [0.29, 0.717) is 19.6 Å². The summed E-state index contributed by atoms with van der Waals surface area (Å²) in [6, 6.07) is 0. The Hall–Kier alpha value is -0.610. The number of nitrogens with two attached hydrogens (primary N) is 1. The van der Waals surface area contributed by atoms with Crippen molar-refractivity contribution in [2.45, 2.75) is 6.42 Å². The van der Waals surface area contributed by atoms with Gasteiger partial charge in [0.05, 0.1) is 6.61 Å². The maximum atomic E-state index is 10.5. The molecular weight excluding hydrogens is 134 g/mol. The monoisotopic (exact) mass is 147 g/mol. The van der Waals surface area contributed by atoms with E-state index in [9.17, 15) is 4.79 Å². The Labute approximate surface area is 60.3 Å². The second kappa shape index (κ2) is 6.51. The Morgan fingerprint density at radius 2 is 2.30 bits per heavy atom. The summed E-state index contributed by atoms with van der Waals surface area (Å²) in [5.41, 5.74) is 5.17. The van der Waals surface area contributed by atoms with E-state index in [1.807, 2.05) is 0 Å². The highest BCUT2D eigenvalue weighted by molar-refractivity contribution is 5.70. The Morgan fingerprint density at radius 1 is 1.60 bits per heavy atom. The quantitative estimate of drug-likeness (QED) is 0.421. The van der Waals surface area contributed by atoms with Gasteiger partial charge in [0.1, 0.15) is 6.61 Å². The number of hydrogen-bond acceptors (Lipinski definition) is 4. The van der Waals surface area contributed by atoms with Gasteiger partial charge in [-0.2, -0.15) is 0 Å². The molecule has 0 aromatic carbocycles. The number of carbonyl (C=O) groups is 1. The zero-order valence-electron chi connectivity index (χ0n) is 6.13. The van der Waals surface area contributed by atoms with E-state index in [1.165, 1.54) is 7.11 Å². The highest BCUT2D eigenvalue weighted by Crippen LogP contribution is 1.81. The Morgan fingerprint density at radius 3 is 2.80 bits per heavy atom. The lowest BCUT2D eigenvalue weighted by molar-refractivity contribution is -0.147. The van der Waals surface area contributed by atoms with Gasteiger partial charge >= 0.3 is 5.97 Å². The largest absolute Gasteiger partial charge is 0.464 e. The molecule has 4 nitrogen and oxygen atoms in total. The molecule has 0 saturated carbocycles. The van der Waals surface area contributed by atoms with Gasteiger partial charge < -0.3 is 15.2 Å². The van der Waals surface area contributed by atoms with Crippen LogP contribution in [0.5, 0.6) is 0 Å². The fraction of sp³-hybridized carbons (Fsp3) is 0.833. The molecule has 4 heteroatoms. The molecule has 2 N–H and O–H groups in total. The van der Waals surface area contributed by atoms with Gasteiger partial charge in [0.25, 0.3) is 0 Å². The molecule has 0 aromatic heterocycles. The van der Waals surface area contributed by atoms with Crippen LogP contribution in [0.1, 0.15) is 6.42 Å². The zero-order valence-corrected chi connectivity index (χ0v) is 6.13. The molecule has 0 aliphatic heterocycles. The third-order valence-electron chi connectivity index (χ3n) is 0.874. The van der Waals surface area contributed by atoms with Crippen molar-refractivity contribution in [3.8, 4) is 0 Å². The molecule has 0 aliphatic carbocycles. The Kier molecular flexibility index (Phi) is 6.11. The molecule has 0 unspecified atom stereocenters. The number of methoxy groups -OCH3 is 1. The van der Waals surface area contributed by atoms with Crippen molar-refractivity contribution >= 4 is 5.97 Å². The van der Waals surface area contributed by atoms with Gasteiger partial charge in [0, 0.05) is 7.11 Å². The number of hydrogen-bond donors (Lipinski definition) is 1.